The molecule has 1 aliphatic heterocycles. The molecular weight excluding hydrogens is 377 g/mol. The highest BCUT2D eigenvalue weighted by Gasteiger charge is 2.40. The topological polar surface area (TPSA) is 66.8 Å². The standard InChI is InChI=1S/C19H21Cl2NO4/c1-5-22-10(3)14(18(23)24)16(12-8-7-9-13(20)17(12)21)15(11(22)4)19(25)26-6-2/h7-9,16H,5-6H2,1-4H3,(H,23,24). The number of benzene rings is 1. The van der Waals surface area contributed by atoms with Crippen molar-refractivity contribution in [1.82, 2.24) is 4.90 Å². The first-order valence-electron chi connectivity index (χ1n) is 8.29. The summed E-state index contributed by atoms with van der Waals surface area (Å²) in [5.74, 6) is -2.53. The molecule has 1 unspecified atom stereocenters. The van der Waals surface area contributed by atoms with Crippen molar-refractivity contribution in [1.29, 1.82) is 0 Å². The quantitative estimate of drug-likeness (QED) is 0.734. The Balaban J connectivity index is 2.83. The number of hydrogen-bond donors (Lipinski definition) is 1. The summed E-state index contributed by atoms with van der Waals surface area (Å²) >= 11 is 12.5. The first-order chi connectivity index (χ1) is 12.3. The third kappa shape index (κ3) is 3.46. The minimum absolute atomic E-state index is 0.0877. The van der Waals surface area contributed by atoms with Gasteiger partial charge in [0.25, 0.3) is 0 Å². The van der Waals surface area contributed by atoms with Crippen molar-refractivity contribution < 1.29 is 19.4 Å². The Bertz CT molecular complexity index is 814. The van der Waals surface area contributed by atoms with Gasteiger partial charge in [-0.05, 0) is 39.3 Å². The van der Waals surface area contributed by atoms with Gasteiger partial charge in [0, 0.05) is 17.9 Å². The Morgan fingerprint density at radius 1 is 1.15 bits per heavy atom. The lowest BCUT2D eigenvalue weighted by molar-refractivity contribution is -0.139. The molecule has 5 nitrogen and oxygen atoms in total. The van der Waals surface area contributed by atoms with Gasteiger partial charge < -0.3 is 14.7 Å². The van der Waals surface area contributed by atoms with Crippen molar-refractivity contribution in [2.24, 2.45) is 0 Å². The fraction of sp³-hybridized carbons (Fsp3) is 0.368. The molecule has 0 amide bonds. The van der Waals surface area contributed by atoms with Gasteiger partial charge in [0.2, 0.25) is 0 Å². The molecule has 1 atom stereocenters. The molecule has 0 saturated heterocycles. The highest BCUT2D eigenvalue weighted by molar-refractivity contribution is 6.42. The first-order valence-corrected chi connectivity index (χ1v) is 9.05. The largest absolute Gasteiger partial charge is 0.478 e. The van der Waals surface area contributed by atoms with Crippen LogP contribution in [0, 0.1) is 0 Å². The number of halogens is 2. The van der Waals surface area contributed by atoms with Crippen LogP contribution in [0.3, 0.4) is 0 Å². The number of aliphatic carboxylic acids is 1. The van der Waals surface area contributed by atoms with Gasteiger partial charge in [-0.3, -0.25) is 0 Å². The number of nitrogens with zero attached hydrogens (tertiary/aromatic N) is 1. The third-order valence-corrected chi connectivity index (χ3v) is 5.33. The van der Waals surface area contributed by atoms with Crippen LogP contribution in [0.4, 0.5) is 0 Å². The minimum atomic E-state index is -1.11. The molecule has 1 aliphatic rings. The third-order valence-electron chi connectivity index (χ3n) is 4.50. The summed E-state index contributed by atoms with van der Waals surface area (Å²) in [7, 11) is 0. The lowest BCUT2D eigenvalue weighted by Gasteiger charge is -2.37. The van der Waals surface area contributed by atoms with E-state index in [9.17, 15) is 14.7 Å². The number of allylic oxidation sites excluding steroid dienone is 2. The van der Waals surface area contributed by atoms with E-state index >= 15 is 0 Å². The Hall–Kier alpha value is -1.98. The van der Waals surface area contributed by atoms with Crippen molar-refractivity contribution >= 4 is 35.1 Å². The molecule has 0 aliphatic carbocycles. The lowest BCUT2D eigenvalue weighted by atomic mass is 9.79. The van der Waals surface area contributed by atoms with Gasteiger partial charge in [-0.15, -0.1) is 0 Å². The molecule has 1 aromatic carbocycles. The molecule has 1 N–H and O–H groups in total. The molecule has 0 aromatic heterocycles. The van der Waals surface area contributed by atoms with Gasteiger partial charge in [-0.25, -0.2) is 9.59 Å². The van der Waals surface area contributed by atoms with Gasteiger partial charge in [-0.2, -0.15) is 0 Å². The molecule has 1 heterocycles. The summed E-state index contributed by atoms with van der Waals surface area (Å²) in [4.78, 5) is 26.6. The van der Waals surface area contributed by atoms with Crippen molar-refractivity contribution in [3.8, 4) is 0 Å². The summed E-state index contributed by atoms with van der Waals surface area (Å²) in [5.41, 5.74) is 2.03. The number of rotatable bonds is 5. The van der Waals surface area contributed by atoms with E-state index in [4.69, 9.17) is 27.9 Å². The molecule has 26 heavy (non-hydrogen) atoms. The smallest absolute Gasteiger partial charge is 0.336 e. The van der Waals surface area contributed by atoms with E-state index in [0.29, 0.717) is 28.5 Å². The van der Waals surface area contributed by atoms with Crippen molar-refractivity contribution in [2.75, 3.05) is 13.2 Å². The predicted molar refractivity (Wildman–Crippen MR) is 101 cm³/mol. The van der Waals surface area contributed by atoms with Crippen LogP contribution in [0.2, 0.25) is 10.0 Å². The first kappa shape index (κ1) is 20.3. The molecule has 0 spiro atoms. The second-order valence-electron chi connectivity index (χ2n) is 5.84. The molecule has 2 rings (SSSR count). The fourth-order valence-electron chi connectivity index (χ4n) is 3.39. The number of hydrogen-bond acceptors (Lipinski definition) is 4. The molecule has 0 saturated carbocycles. The average molecular weight is 398 g/mol. The molecule has 7 heteroatoms. The molecule has 1 aromatic rings. The van der Waals surface area contributed by atoms with Crippen molar-refractivity contribution in [2.45, 2.75) is 33.6 Å². The van der Waals surface area contributed by atoms with Crippen molar-refractivity contribution in [3.63, 3.8) is 0 Å². The van der Waals surface area contributed by atoms with Crippen LogP contribution >= 0.6 is 23.2 Å². The van der Waals surface area contributed by atoms with Gasteiger partial charge in [0.1, 0.15) is 0 Å². The van der Waals surface area contributed by atoms with Crippen LogP contribution in [-0.4, -0.2) is 35.1 Å². The summed E-state index contributed by atoms with van der Waals surface area (Å²) < 4.78 is 5.21. The Morgan fingerprint density at radius 3 is 2.31 bits per heavy atom. The van der Waals surface area contributed by atoms with Crippen LogP contribution in [0.5, 0.6) is 0 Å². The highest BCUT2D eigenvalue weighted by Crippen LogP contribution is 2.45. The number of carbonyl (C=O) groups is 2. The van der Waals surface area contributed by atoms with Gasteiger partial charge in [0.05, 0.1) is 33.7 Å². The molecule has 0 fully saturated rings. The second-order valence-corrected chi connectivity index (χ2v) is 6.63. The summed E-state index contributed by atoms with van der Waals surface area (Å²) in [6.45, 7) is 7.81. The van der Waals surface area contributed by atoms with Crippen molar-refractivity contribution in [3.05, 3.63) is 56.3 Å². The maximum Gasteiger partial charge on any atom is 0.336 e. The SMILES string of the molecule is CCOC(=O)C1=C(C)N(CC)C(C)=C(C(=O)O)C1c1cccc(Cl)c1Cl. The van der Waals surface area contributed by atoms with E-state index in [1.807, 2.05) is 6.92 Å². The summed E-state index contributed by atoms with van der Waals surface area (Å²) in [5, 5.41) is 10.4. The zero-order chi connectivity index (χ0) is 19.6. The van der Waals surface area contributed by atoms with E-state index in [1.165, 1.54) is 0 Å². The predicted octanol–water partition coefficient (Wildman–Crippen LogP) is 4.61. The normalized spacial score (nSPS) is 17.6. The Morgan fingerprint density at radius 2 is 1.77 bits per heavy atom. The van der Waals surface area contributed by atoms with E-state index in [0.717, 1.165) is 0 Å². The van der Waals surface area contributed by atoms with Gasteiger partial charge in [0.15, 0.2) is 0 Å². The van der Waals surface area contributed by atoms with Gasteiger partial charge in [-0.1, -0.05) is 35.3 Å². The maximum absolute atomic E-state index is 12.7. The molecular formula is C19H21Cl2NO4. The summed E-state index contributed by atoms with van der Waals surface area (Å²) in [6, 6.07) is 4.98. The zero-order valence-electron chi connectivity index (χ0n) is 15.1. The summed E-state index contributed by atoms with van der Waals surface area (Å²) in [6.07, 6.45) is 0. The Kier molecular flexibility index (Phi) is 6.37. The van der Waals surface area contributed by atoms with Gasteiger partial charge >= 0.3 is 11.9 Å². The zero-order valence-corrected chi connectivity index (χ0v) is 16.6. The van der Waals surface area contributed by atoms with Crippen LogP contribution in [0.1, 0.15) is 39.2 Å². The highest BCUT2D eigenvalue weighted by atomic mass is 35.5. The second kappa shape index (κ2) is 8.14. The van der Waals surface area contributed by atoms with Crippen LogP contribution in [0.25, 0.3) is 0 Å². The number of esters is 1. The van der Waals surface area contributed by atoms with E-state index in [1.54, 1.807) is 43.9 Å². The average Bonchev–Trinajstić information content (AvgIpc) is 2.57. The minimum Gasteiger partial charge on any atom is -0.478 e. The van der Waals surface area contributed by atoms with E-state index in [2.05, 4.69) is 0 Å². The Labute approximate surface area is 162 Å². The molecule has 140 valence electrons. The number of carboxylic acids is 1. The van der Waals surface area contributed by atoms with Crippen LogP contribution in [0.15, 0.2) is 40.7 Å². The van der Waals surface area contributed by atoms with E-state index < -0.39 is 17.9 Å². The molecule has 0 bridgehead atoms. The van der Waals surface area contributed by atoms with Crippen LogP contribution < -0.4 is 0 Å². The molecule has 0 radical (unpaired) electrons. The van der Waals surface area contributed by atoms with Crippen LogP contribution in [-0.2, 0) is 14.3 Å². The lowest BCUT2D eigenvalue weighted by Crippen LogP contribution is -2.35. The van der Waals surface area contributed by atoms with E-state index in [-0.39, 0.29) is 22.8 Å². The maximum atomic E-state index is 12.7. The number of carbonyl (C=O) groups excluding carboxylic acids is 1. The monoisotopic (exact) mass is 397 g/mol. The number of ether oxygens (including phenoxy) is 1. The fourth-order valence-corrected chi connectivity index (χ4v) is 3.80. The number of carboxylic acid groups (broad SMARTS) is 1.